The second-order valence-electron chi connectivity index (χ2n) is 4.23. The number of hydrazine groups is 1. The van der Waals surface area contributed by atoms with Crippen molar-refractivity contribution in [1.29, 1.82) is 0 Å². The minimum atomic E-state index is 0.0529. The van der Waals surface area contributed by atoms with E-state index in [0.29, 0.717) is 37.7 Å². The van der Waals surface area contributed by atoms with Crippen LogP contribution in [0.3, 0.4) is 0 Å². The Morgan fingerprint density at radius 2 is 2.26 bits per heavy atom. The molecule has 100 valence electrons. The molecule has 0 aromatic carbocycles. The predicted molar refractivity (Wildman–Crippen MR) is 69.3 cm³/mol. The maximum atomic E-state index is 11.4. The second kappa shape index (κ2) is 4.69. The molecule has 0 spiro atoms. The zero-order valence-corrected chi connectivity index (χ0v) is 10.2. The minimum Gasteiger partial charge on any atom is -0.354 e. The lowest BCUT2D eigenvalue weighted by atomic mass is 10.3. The van der Waals surface area contributed by atoms with Crippen molar-refractivity contribution in [2.24, 2.45) is 5.84 Å². The fourth-order valence-corrected chi connectivity index (χ4v) is 2.10. The minimum absolute atomic E-state index is 0.0529. The SMILES string of the molecule is NNc1nc(N2CCNC(=O)CC2)c2cn[nH]c2n1. The van der Waals surface area contributed by atoms with E-state index >= 15 is 0 Å². The van der Waals surface area contributed by atoms with E-state index in [1.807, 2.05) is 4.90 Å². The largest absolute Gasteiger partial charge is 0.354 e. The molecule has 1 aliphatic heterocycles. The highest BCUT2D eigenvalue weighted by molar-refractivity contribution is 5.88. The Morgan fingerprint density at radius 3 is 3.11 bits per heavy atom. The summed E-state index contributed by atoms with van der Waals surface area (Å²) in [6.45, 7) is 1.88. The summed E-state index contributed by atoms with van der Waals surface area (Å²) in [6, 6.07) is 0. The van der Waals surface area contributed by atoms with Crippen LogP contribution in [0.1, 0.15) is 6.42 Å². The highest BCUT2D eigenvalue weighted by atomic mass is 16.1. The first-order valence-corrected chi connectivity index (χ1v) is 5.97. The number of fused-ring (bicyclic) bond motifs is 1. The highest BCUT2D eigenvalue weighted by Crippen LogP contribution is 2.24. The summed E-state index contributed by atoms with van der Waals surface area (Å²) >= 11 is 0. The van der Waals surface area contributed by atoms with Crippen molar-refractivity contribution in [1.82, 2.24) is 25.5 Å². The first-order chi connectivity index (χ1) is 9.28. The zero-order valence-electron chi connectivity index (χ0n) is 10.2. The number of aromatic amines is 1. The quantitative estimate of drug-likeness (QED) is 0.402. The van der Waals surface area contributed by atoms with E-state index in [4.69, 9.17) is 5.84 Å². The Kier molecular flexibility index (Phi) is 2.88. The van der Waals surface area contributed by atoms with Gasteiger partial charge < -0.3 is 10.2 Å². The molecule has 1 fully saturated rings. The monoisotopic (exact) mass is 262 g/mol. The van der Waals surface area contributed by atoms with Gasteiger partial charge in [0.2, 0.25) is 11.9 Å². The first kappa shape index (κ1) is 11.7. The molecule has 0 aliphatic carbocycles. The van der Waals surface area contributed by atoms with Crippen LogP contribution < -0.4 is 21.5 Å². The maximum Gasteiger partial charge on any atom is 0.241 e. The van der Waals surface area contributed by atoms with Gasteiger partial charge in [-0.05, 0) is 0 Å². The number of nitrogens with two attached hydrogens (primary N) is 1. The van der Waals surface area contributed by atoms with Gasteiger partial charge in [0.1, 0.15) is 5.82 Å². The third-order valence-corrected chi connectivity index (χ3v) is 3.03. The van der Waals surface area contributed by atoms with Gasteiger partial charge in [0.25, 0.3) is 0 Å². The molecule has 9 nitrogen and oxygen atoms in total. The molecule has 0 radical (unpaired) electrons. The molecule has 0 unspecified atom stereocenters. The van der Waals surface area contributed by atoms with Crippen LogP contribution in [0.25, 0.3) is 11.0 Å². The zero-order chi connectivity index (χ0) is 13.2. The van der Waals surface area contributed by atoms with Gasteiger partial charge in [-0.3, -0.25) is 15.3 Å². The predicted octanol–water partition coefficient (Wildman–Crippen LogP) is -1.04. The lowest BCUT2D eigenvalue weighted by Gasteiger charge is -2.21. The number of hydrogen-bond donors (Lipinski definition) is 4. The number of rotatable bonds is 2. The van der Waals surface area contributed by atoms with E-state index in [1.165, 1.54) is 0 Å². The summed E-state index contributed by atoms with van der Waals surface area (Å²) in [4.78, 5) is 21.9. The Labute approximate surface area is 108 Å². The van der Waals surface area contributed by atoms with Gasteiger partial charge in [0.05, 0.1) is 11.6 Å². The summed E-state index contributed by atoms with van der Waals surface area (Å²) in [5, 5.41) is 10.4. The van der Waals surface area contributed by atoms with E-state index in [9.17, 15) is 4.79 Å². The lowest BCUT2D eigenvalue weighted by molar-refractivity contribution is -0.120. The molecule has 0 bridgehead atoms. The number of amides is 1. The van der Waals surface area contributed by atoms with Crippen molar-refractivity contribution in [3.8, 4) is 0 Å². The van der Waals surface area contributed by atoms with Gasteiger partial charge in [0.15, 0.2) is 5.65 Å². The van der Waals surface area contributed by atoms with Crippen LogP contribution in [-0.2, 0) is 4.79 Å². The average molecular weight is 262 g/mol. The van der Waals surface area contributed by atoms with E-state index in [0.717, 1.165) is 11.2 Å². The summed E-state index contributed by atoms with van der Waals surface area (Å²) in [7, 11) is 0. The Bertz CT molecular complexity index is 609. The van der Waals surface area contributed by atoms with Crippen LogP contribution >= 0.6 is 0 Å². The van der Waals surface area contributed by atoms with Crippen LogP contribution in [0, 0.1) is 0 Å². The molecular weight excluding hydrogens is 248 g/mol. The number of hydrogen-bond acceptors (Lipinski definition) is 7. The molecule has 1 saturated heterocycles. The molecule has 0 saturated carbocycles. The molecule has 2 aromatic rings. The topological polar surface area (TPSA) is 125 Å². The molecule has 1 aliphatic rings. The Hall–Kier alpha value is -2.42. The van der Waals surface area contributed by atoms with Gasteiger partial charge in [-0.25, -0.2) is 5.84 Å². The highest BCUT2D eigenvalue weighted by Gasteiger charge is 2.19. The standard InChI is InChI=1S/C10H14N8O/c11-16-10-14-8-6(5-13-17-8)9(15-10)18-3-1-7(19)12-2-4-18/h5H,1-4,11H2,(H,12,19)(H2,13,14,15,16,17). The van der Waals surface area contributed by atoms with Crippen LogP contribution in [0.5, 0.6) is 0 Å². The van der Waals surface area contributed by atoms with Gasteiger partial charge in [-0.2, -0.15) is 15.1 Å². The van der Waals surface area contributed by atoms with Crippen LogP contribution in [-0.4, -0.2) is 45.7 Å². The molecule has 5 N–H and O–H groups in total. The van der Waals surface area contributed by atoms with Gasteiger partial charge in [-0.15, -0.1) is 0 Å². The van der Waals surface area contributed by atoms with E-state index in [-0.39, 0.29) is 5.91 Å². The molecule has 3 rings (SSSR count). The number of nitrogens with one attached hydrogen (secondary N) is 3. The van der Waals surface area contributed by atoms with Gasteiger partial charge in [-0.1, -0.05) is 0 Å². The first-order valence-electron chi connectivity index (χ1n) is 5.97. The Morgan fingerprint density at radius 1 is 1.37 bits per heavy atom. The fraction of sp³-hybridized carbons (Fsp3) is 0.400. The molecule has 9 heteroatoms. The molecule has 19 heavy (non-hydrogen) atoms. The number of H-pyrrole nitrogens is 1. The third-order valence-electron chi connectivity index (χ3n) is 3.03. The van der Waals surface area contributed by atoms with Crippen molar-refractivity contribution < 1.29 is 4.79 Å². The number of anilines is 2. The van der Waals surface area contributed by atoms with E-state index in [2.05, 4.69) is 30.9 Å². The van der Waals surface area contributed by atoms with Crippen molar-refractivity contribution in [3.05, 3.63) is 6.20 Å². The molecule has 3 heterocycles. The summed E-state index contributed by atoms with van der Waals surface area (Å²) in [5.74, 6) is 6.46. The van der Waals surface area contributed by atoms with Crippen LogP contribution in [0.4, 0.5) is 11.8 Å². The van der Waals surface area contributed by atoms with Gasteiger partial charge >= 0.3 is 0 Å². The van der Waals surface area contributed by atoms with Crippen molar-refractivity contribution in [2.75, 3.05) is 30.0 Å². The Balaban J connectivity index is 2.02. The third kappa shape index (κ3) is 2.15. The fourth-order valence-electron chi connectivity index (χ4n) is 2.10. The lowest BCUT2D eigenvalue weighted by Crippen LogP contribution is -2.29. The summed E-state index contributed by atoms with van der Waals surface area (Å²) < 4.78 is 0. The molecule has 1 amide bonds. The number of aromatic nitrogens is 4. The normalized spacial score (nSPS) is 16.3. The molecule has 0 atom stereocenters. The van der Waals surface area contributed by atoms with Crippen molar-refractivity contribution in [2.45, 2.75) is 6.42 Å². The van der Waals surface area contributed by atoms with Crippen molar-refractivity contribution in [3.63, 3.8) is 0 Å². The summed E-state index contributed by atoms with van der Waals surface area (Å²) in [5.41, 5.74) is 3.05. The number of nitrogens with zero attached hydrogens (tertiary/aromatic N) is 4. The van der Waals surface area contributed by atoms with Crippen LogP contribution in [0.2, 0.25) is 0 Å². The molecule has 2 aromatic heterocycles. The molecular formula is C10H14N8O. The summed E-state index contributed by atoms with van der Waals surface area (Å²) in [6.07, 6.45) is 2.11. The number of carbonyl (C=O) groups is 1. The second-order valence-corrected chi connectivity index (χ2v) is 4.23. The van der Waals surface area contributed by atoms with E-state index in [1.54, 1.807) is 6.20 Å². The van der Waals surface area contributed by atoms with Gasteiger partial charge in [0, 0.05) is 26.1 Å². The van der Waals surface area contributed by atoms with Crippen molar-refractivity contribution >= 4 is 28.7 Å². The number of nitrogen functional groups attached to an aromatic ring is 1. The van der Waals surface area contributed by atoms with E-state index < -0.39 is 0 Å². The smallest absolute Gasteiger partial charge is 0.241 e. The average Bonchev–Trinajstić information content (AvgIpc) is 2.79. The van der Waals surface area contributed by atoms with Crippen LogP contribution in [0.15, 0.2) is 6.20 Å². The number of carbonyl (C=O) groups excluding carboxylic acids is 1. The maximum absolute atomic E-state index is 11.4.